The summed E-state index contributed by atoms with van der Waals surface area (Å²) in [6.45, 7) is 3.22. The van der Waals surface area contributed by atoms with E-state index in [-0.39, 0.29) is 11.8 Å². The maximum atomic E-state index is 12.6. The number of nitrogens with zero attached hydrogens (tertiary/aromatic N) is 1. The average molecular weight is 340 g/mol. The third-order valence-electron chi connectivity index (χ3n) is 4.59. The minimum atomic E-state index is -0.413. The van der Waals surface area contributed by atoms with Crippen LogP contribution in [0.2, 0.25) is 0 Å². The van der Waals surface area contributed by atoms with E-state index in [2.05, 4.69) is 30.4 Å². The first-order valence-electron chi connectivity index (χ1n) is 8.83. The van der Waals surface area contributed by atoms with Crippen LogP contribution in [-0.4, -0.2) is 35.8 Å². The van der Waals surface area contributed by atoms with E-state index in [0.717, 1.165) is 19.3 Å². The number of likely N-dealkylation sites (tertiary alicyclic amines) is 1. The van der Waals surface area contributed by atoms with Crippen LogP contribution in [0.1, 0.15) is 40.9 Å². The summed E-state index contributed by atoms with van der Waals surface area (Å²) in [6.07, 6.45) is 4.83. The third kappa shape index (κ3) is 4.29. The van der Waals surface area contributed by atoms with E-state index in [9.17, 15) is 9.59 Å². The van der Waals surface area contributed by atoms with Gasteiger partial charge in [0.1, 0.15) is 6.04 Å². The number of nitrogens with one attached hydrogen (secondary N) is 1. The highest BCUT2D eigenvalue weighted by Gasteiger charge is 2.33. The second-order valence-corrected chi connectivity index (χ2v) is 6.52. The Morgan fingerprint density at radius 3 is 2.88 bits per heavy atom. The second-order valence-electron chi connectivity index (χ2n) is 6.52. The van der Waals surface area contributed by atoms with Crippen molar-refractivity contribution < 1.29 is 14.0 Å². The van der Waals surface area contributed by atoms with Gasteiger partial charge in [-0.2, -0.15) is 0 Å². The van der Waals surface area contributed by atoms with E-state index in [1.165, 1.54) is 17.4 Å². The van der Waals surface area contributed by atoms with Gasteiger partial charge in [-0.1, -0.05) is 29.8 Å². The standard InChI is InChI=1S/C20H24N2O3/c1-15-6-4-7-16(14-15)10-11-21-19(23)17-8-2-3-12-22(17)20(24)18-9-5-13-25-18/h4-7,9,13-14,17H,2-3,8,10-12H2,1H3,(H,21,23). The van der Waals surface area contributed by atoms with Gasteiger partial charge < -0.3 is 14.6 Å². The largest absolute Gasteiger partial charge is 0.459 e. The Bertz CT molecular complexity index is 724. The molecule has 1 N–H and O–H groups in total. The lowest BCUT2D eigenvalue weighted by atomic mass is 10.0. The van der Waals surface area contributed by atoms with E-state index in [0.29, 0.717) is 25.3 Å². The molecule has 5 heteroatoms. The quantitative estimate of drug-likeness (QED) is 0.910. The molecular weight excluding hydrogens is 316 g/mol. The van der Waals surface area contributed by atoms with Crippen molar-refractivity contribution in [1.82, 2.24) is 10.2 Å². The molecule has 0 radical (unpaired) electrons. The molecule has 132 valence electrons. The van der Waals surface area contributed by atoms with Crippen molar-refractivity contribution in [3.05, 3.63) is 59.5 Å². The number of piperidine rings is 1. The molecule has 1 aromatic carbocycles. The van der Waals surface area contributed by atoms with Crippen LogP contribution >= 0.6 is 0 Å². The number of benzene rings is 1. The maximum absolute atomic E-state index is 12.6. The molecule has 2 amide bonds. The Balaban J connectivity index is 1.58. The van der Waals surface area contributed by atoms with Crippen LogP contribution < -0.4 is 5.32 Å². The average Bonchev–Trinajstić information content (AvgIpc) is 3.16. The van der Waals surface area contributed by atoms with Crippen LogP contribution in [0.4, 0.5) is 0 Å². The predicted octanol–water partition coefficient (Wildman–Crippen LogP) is 2.94. The Kier molecular flexibility index (Phi) is 5.53. The highest BCUT2D eigenvalue weighted by molar-refractivity contribution is 5.95. The summed E-state index contributed by atoms with van der Waals surface area (Å²) in [5, 5.41) is 2.99. The molecule has 1 fully saturated rings. The third-order valence-corrected chi connectivity index (χ3v) is 4.59. The van der Waals surface area contributed by atoms with Gasteiger partial charge in [-0.25, -0.2) is 0 Å². The number of hydrogen-bond donors (Lipinski definition) is 1. The Labute approximate surface area is 148 Å². The minimum absolute atomic E-state index is 0.0766. The van der Waals surface area contributed by atoms with Gasteiger partial charge >= 0.3 is 0 Å². The van der Waals surface area contributed by atoms with E-state index < -0.39 is 6.04 Å². The van der Waals surface area contributed by atoms with Crippen molar-refractivity contribution in [2.75, 3.05) is 13.1 Å². The van der Waals surface area contributed by atoms with Crippen LogP contribution in [0, 0.1) is 6.92 Å². The van der Waals surface area contributed by atoms with Crippen molar-refractivity contribution in [3.63, 3.8) is 0 Å². The Hall–Kier alpha value is -2.56. The van der Waals surface area contributed by atoms with E-state index >= 15 is 0 Å². The number of hydrogen-bond acceptors (Lipinski definition) is 3. The van der Waals surface area contributed by atoms with Crippen molar-refractivity contribution in [2.24, 2.45) is 0 Å². The summed E-state index contributed by atoms with van der Waals surface area (Å²) in [6, 6.07) is 11.2. The molecule has 1 unspecified atom stereocenters. The summed E-state index contributed by atoms with van der Waals surface area (Å²) in [4.78, 5) is 26.8. The van der Waals surface area contributed by atoms with Gasteiger partial charge in [-0.3, -0.25) is 9.59 Å². The molecule has 1 atom stereocenters. The number of amides is 2. The van der Waals surface area contributed by atoms with Crippen molar-refractivity contribution in [3.8, 4) is 0 Å². The molecule has 3 rings (SSSR count). The fraction of sp³-hybridized carbons (Fsp3) is 0.400. The van der Waals surface area contributed by atoms with E-state index in [1.807, 2.05) is 6.07 Å². The van der Waals surface area contributed by atoms with Gasteiger partial charge in [0.05, 0.1) is 6.26 Å². The molecule has 1 aliphatic rings. The van der Waals surface area contributed by atoms with E-state index in [4.69, 9.17) is 4.42 Å². The second kappa shape index (κ2) is 8.01. The number of carbonyl (C=O) groups excluding carboxylic acids is 2. The summed E-state index contributed by atoms with van der Waals surface area (Å²) in [5.41, 5.74) is 2.42. The van der Waals surface area contributed by atoms with Crippen LogP contribution in [0.15, 0.2) is 47.1 Å². The van der Waals surface area contributed by atoms with Gasteiger partial charge in [0.25, 0.3) is 5.91 Å². The lowest BCUT2D eigenvalue weighted by molar-refractivity contribution is -0.126. The van der Waals surface area contributed by atoms with Crippen molar-refractivity contribution >= 4 is 11.8 Å². The number of carbonyl (C=O) groups is 2. The maximum Gasteiger partial charge on any atom is 0.290 e. The molecule has 1 aliphatic heterocycles. The highest BCUT2D eigenvalue weighted by Crippen LogP contribution is 2.20. The lowest BCUT2D eigenvalue weighted by Gasteiger charge is -2.34. The SMILES string of the molecule is Cc1cccc(CCNC(=O)C2CCCCN2C(=O)c2ccco2)c1. The molecule has 5 nitrogen and oxygen atoms in total. The molecule has 25 heavy (non-hydrogen) atoms. The van der Waals surface area contributed by atoms with Gasteiger partial charge in [-0.05, 0) is 50.3 Å². The first-order valence-corrected chi connectivity index (χ1v) is 8.83. The minimum Gasteiger partial charge on any atom is -0.459 e. The van der Waals surface area contributed by atoms with Crippen molar-refractivity contribution in [1.29, 1.82) is 0 Å². The number of furan rings is 1. The molecule has 2 aromatic rings. The molecule has 0 bridgehead atoms. The van der Waals surface area contributed by atoms with Crippen LogP contribution in [0.25, 0.3) is 0 Å². The smallest absolute Gasteiger partial charge is 0.290 e. The molecule has 0 saturated carbocycles. The summed E-state index contributed by atoms with van der Waals surface area (Å²) in [7, 11) is 0. The summed E-state index contributed by atoms with van der Waals surface area (Å²) in [5.74, 6) is 0.00949. The topological polar surface area (TPSA) is 62.6 Å². The van der Waals surface area contributed by atoms with Crippen LogP contribution in [0.5, 0.6) is 0 Å². The first-order chi connectivity index (χ1) is 12.1. The zero-order valence-electron chi connectivity index (χ0n) is 14.5. The lowest BCUT2D eigenvalue weighted by Crippen LogP contribution is -2.52. The highest BCUT2D eigenvalue weighted by atomic mass is 16.3. The first kappa shape index (κ1) is 17.3. The Morgan fingerprint density at radius 1 is 1.24 bits per heavy atom. The summed E-state index contributed by atoms with van der Waals surface area (Å²) >= 11 is 0. The normalized spacial score (nSPS) is 17.3. The van der Waals surface area contributed by atoms with Gasteiger partial charge in [0.15, 0.2) is 5.76 Å². The molecule has 1 aromatic heterocycles. The van der Waals surface area contributed by atoms with Gasteiger partial charge in [0.2, 0.25) is 5.91 Å². The molecule has 2 heterocycles. The summed E-state index contributed by atoms with van der Waals surface area (Å²) < 4.78 is 5.20. The number of rotatable bonds is 5. The van der Waals surface area contributed by atoms with Crippen LogP contribution in [-0.2, 0) is 11.2 Å². The van der Waals surface area contributed by atoms with Crippen molar-refractivity contribution in [2.45, 2.75) is 38.6 Å². The fourth-order valence-corrected chi connectivity index (χ4v) is 3.30. The molecule has 0 aliphatic carbocycles. The van der Waals surface area contributed by atoms with E-state index in [1.54, 1.807) is 17.0 Å². The van der Waals surface area contributed by atoms with Crippen LogP contribution in [0.3, 0.4) is 0 Å². The molecule has 0 spiro atoms. The zero-order chi connectivity index (χ0) is 17.6. The van der Waals surface area contributed by atoms with Gasteiger partial charge in [0, 0.05) is 13.1 Å². The zero-order valence-corrected chi connectivity index (χ0v) is 14.5. The predicted molar refractivity (Wildman–Crippen MR) is 95.3 cm³/mol. The monoisotopic (exact) mass is 340 g/mol. The molecule has 1 saturated heterocycles. The fourth-order valence-electron chi connectivity index (χ4n) is 3.30. The van der Waals surface area contributed by atoms with Gasteiger partial charge in [-0.15, -0.1) is 0 Å². The Morgan fingerprint density at radius 2 is 2.12 bits per heavy atom. The molecular formula is C20H24N2O3. The number of aryl methyl sites for hydroxylation is 1.